The highest BCUT2D eigenvalue weighted by atomic mass is 79.9. The summed E-state index contributed by atoms with van der Waals surface area (Å²) in [6, 6.07) is 6.05. The second-order valence-electron chi connectivity index (χ2n) is 2.56. The molecule has 0 aliphatic heterocycles. The summed E-state index contributed by atoms with van der Waals surface area (Å²) < 4.78 is 0.936. The van der Waals surface area contributed by atoms with Gasteiger partial charge in [0, 0.05) is 5.69 Å². The summed E-state index contributed by atoms with van der Waals surface area (Å²) in [6.07, 6.45) is 3.55. The molecule has 0 spiro atoms. The minimum Gasteiger partial charge on any atom is -0.246 e. The molecule has 0 atom stereocenters. The molecule has 0 fully saturated rings. The third-order valence-corrected chi connectivity index (χ3v) is 2.00. The Hall–Kier alpha value is -0.370. The highest BCUT2D eigenvalue weighted by molar-refractivity contribution is 9.10. The fourth-order valence-electron chi connectivity index (χ4n) is 0.947. The van der Waals surface area contributed by atoms with Crippen LogP contribution in [0.4, 0.5) is 0 Å². The third-order valence-electron chi connectivity index (χ3n) is 1.56. The van der Waals surface area contributed by atoms with Gasteiger partial charge in [-0.15, -0.1) is 0 Å². The van der Waals surface area contributed by atoms with Gasteiger partial charge in [-0.25, -0.2) is 4.98 Å². The van der Waals surface area contributed by atoms with Crippen molar-refractivity contribution in [1.29, 1.82) is 0 Å². The average molecular weight is 214 g/mol. The number of hydrogen-bond acceptors (Lipinski definition) is 1. The molecule has 2 heteroatoms. The van der Waals surface area contributed by atoms with Gasteiger partial charge in [0.1, 0.15) is 4.60 Å². The van der Waals surface area contributed by atoms with Crippen LogP contribution in [-0.2, 0) is 6.42 Å². The lowest BCUT2D eigenvalue weighted by Crippen LogP contribution is -1.88. The normalized spacial score (nSPS) is 10.0. The van der Waals surface area contributed by atoms with E-state index in [1.54, 1.807) is 0 Å². The van der Waals surface area contributed by atoms with Crippen LogP contribution in [0.25, 0.3) is 0 Å². The molecule has 0 amide bonds. The first kappa shape index (κ1) is 8.72. The Kier molecular flexibility index (Phi) is 3.57. The Bertz CT molecular complexity index is 223. The molecule has 0 aromatic carbocycles. The van der Waals surface area contributed by atoms with Crippen LogP contribution in [0.1, 0.15) is 25.5 Å². The van der Waals surface area contributed by atoms with E-state index in [1.807, 2.05) is 12.1 Å². The molecule has 1 heterocycles. The zero-order chi connectivity index (χ0) is 8.10. The lowest BCUT2D eigenvalue weighted by atomic mass is 10.2. The highest BCUT2D eigenvalue weighted by Crippen LogP contribution is 2.08. The zero-order valence-corrected chi connectivity index (χ0v) is 8.26. The van der Waals surface area contributed by atoms with E-state index >= 15 is 0 Å². The van der Waals surface area contributed by atoms with Gasteiger partial charge in [0.15, 0.2) is 0 Å². The van der Waals surface area contributed by atoms with Crippen molar-refractivity contribution in [2.24, 2.45) is 0 Å². The molecular formula is C9H12BrN. The molecule has 60 valence electrons. The molecule has 0 N–H and O–H groups in total. The average Bonchev–Trinajstić information content (AvgIpc) is 2.01. The summed E-state index contributed by atoms with van der Waals surface area (Å²) in [4.78, 5) is 4.33. The summed E-state index contributed by atoms with van der Waals surface area (Å²) in [6.45, 7) is 2.19. The van der Waals surface area contributed by atoms with Gasteiger partial charge < -0.3 is 0 Å². The summed E-state index contributed by atoms with van der Waals surface area (Å²) in [5, 5.41) is 0. The van der Waals surface area contributed by atoms with Gasteiger partial charge in [0.2, 0.25) is 0 Å². The van der Waals surface area contributed by atoms with Crippen LogP contribution in [0.15, 0.2) is 22.8 Å². The maximum atomic E-state index is 4.33. The smallest absolute Gasteiger partial charge is 0.106 e. The van der Waals surface area contributed by atoms with Gasteiger partial charge in [0.25, 0.3) is 0 Å². The molecule has 0 unspecified atom stereocenters. The van der Waals surface area contributed by atoms with E-state index in [2.05, 4.69) is 33.9 Å². The van der Waals surface area contributed by atoms with Crippen molar-refractivity contribution in [1.82, 2.24) is 4.98 Å². The fraction of sp³-hybridized carbons (Fsp3) is 0.444. The largest absolute Gasteiger partial charge is 0.246 e. The summed E-state index contributed by atoms with van der Waals surface area (Å²) in [7, 11) is 0. The van der Waals surface area contributed by atoms with Gasteiger partial charge in [-0.05, 0) is 40.9 Å². The Morgan fingerprint density at radius 2 is 2.27 bits per heavy atom. The minimum absolute atomic E-state index is 0.936. The van der Waals surface area contributed by atoms with Gasteiger partial charge in [0.05, 0.1) is 0 Å². The Labute approximate surface area is 76.0 Å². The number of nitrogens with zero attached hydrogens (tertiary/aromatic N) is 1. The number of halogens is 1. The summed E-state index contributed by atoms with van der Waals surface area (Å²) in [5.74, 6) is 0. The third kappa shape index (κ3) is 3.02. The van der Waals surface area contributed by atoms with Crippen molar-refractivity contribution in [2.45, 2.75) is 26.2 Å². The quantitative estimate of drug-likeness (QED) is 0.704. The van der Waals surface area contributed by atoms with E-state index in [9.17, 15) is 0 Å². The maximum Gasteiger partial charge on any atom is 0.106 e. The topological polar surface area (TPSA) is 12.9 Å². The van der Waals surface area contributed by atoms with Gasteiger partial charge in [-0.2, -0.15) is 0 Å². The molecule has 0 aliphatic carbocycles. The molecule has 0 saturated carbocycles. The van der Waals surface area contributed by atoms with E-state index < -0.39 is 0 Å². The maximum absolute atomic E-state index is 4.33. The predicted molar refractivity (Wildman–Crippen MR) is 50.5 cm³/mol. The molecule has 1 rings (SSSR count). The molecule has 0 radical (unpaired) electrons. The van der Waals surface area contributed by atoms with Crippen molar-refractivity contribution < 1.29 is 0 Å². The van der Waals surface area contributed by atoms with Crippen LogP contribution in [0.3, 0.4) is 0 Å². The molecule has 1 aromatic rings. The predicted octanol–water partition coefficient (Wildman–Crippen LogP) is 3.19. The Morgan fingerprint density at radius 3 is 2.91 bits per heavy atom. The van der Waals surface area contributed by atoms with E-state index in [0.717, 1.165) is 11.0 Å². The molecule has 11 heavy (non-hydrogen) atoms. The van der Waals surface area contributed by atoms with E-state index in [-0.39, 0.29) is 0 Å². The standard InChI is InChI=1S/C9H12BrN/c1-2-3-5-8-6-4-7-9(10)11-8/h4,6-7H,2-3,5H2,1H3. The molecule has 0 bridgehead atoms. The monoisotopic (exact) mass is 213 g/mol. The second-order valence-corrected chi connectivity index (χ2v) is 3.37. The van der Waals surface area contributed by atoms with Crippen LogP contribution < -0.4 is 0 Å². The van der Waals surface area contributed by atoms with Crippen LogP contribution in [0.2, 0.25) is 0 Å². The van der Waals surface area contributed by atoms with Crippen molar-refractivity contribution in [3.63, 3.8) is 0 Å². The molecule has 1 nitrogen and oxygen atoms in total. The van der Waals surface area contributed by atoms with Crippen molar-refractivity contribution in [3.05, 3.63) is 28.5 Å². The van der Waals surface area contributed by atoms with E-state index in [0.29, 0.717) is 0 Å². The Balaban J connectivity index is 2.56. The number of aromatic nitrogens is 1. The van der Waals surface area contributed by atoms with Crippen LogP contribution in [0.5, 0.6) is 0 Å². The van der Waals surface area contributed by atoms with Gasteiger partial charge in [-0.3, -0.25) is 0 Å². The van der Waals surface area contributed by atoms with Crippen LogP contribution in [0, 0.1) is 0 Å². The number of unbranched alkanes of at least 4 members (excludes halogenated alkanes) is 1. The van der Waals surface area contributed by atoms with E-state index in [1.165, 1.54) is 18.5 Å². The molecular weight excluding hydrogens is 202 g/mol. The Morgan fingerprint density at radius 1 is 1.45 bits per heavy atom. The first-order valence-corrected chi connectivity index (χ1v) is 4.73. The lowest BCUT2D eigenvalue weighted by molar-refractivity contribution is 0.775. The highest BCUT2D eigenvalue weighted by Gasteiger charge is 1.93. The molecule has 0 aliphatic rings. The molecule has 0 saturated heterocycles. The number of pyridine rings is 1. The summed E-state index contributed by atoms with van der Waals surface area (Å²) >= 11 is 3.34. The zero-order valence-electron chi connectivity index (χ0n) is 6.68. The van der Waals surface area contributed by atoms with Crippen molar-refractivity contribution >= 4 is 15.9 Å². The van der Waals surface area contributed by atoms with Crippen LogP contribution >= 0.6 is 15.9 Å². The van der Waals surface area contributed by atoms with Gasteiger partial charge in [-0.1, -0.05) is 19.4 Å². The first-order valence-electron chi connectivity index (χ1n) is 3.94. The number of hydrogen-bond donors (Lipinski definition) is 0. The minimum atomic E-state index is 0.936. The fourth-order valence-corrected chi connectivity index (χ4v) is 1.33. The lowest BCUT2D eigenvalue weighted by Gasteiger charge is -1.97. The second kappa shape index (κ2) is 4.50. The van der Waals surface area contributed by atoms with Crippen molar-refractivity contribution in [2.75, 3.05) is 0 Å². The number of aryl methyl sites for hydroxylation is 1. The molecule has 1 aromatic heterocycles. The van der Waals surface area contributed by atoms with Gasteiger partial charge >= 0.3 is 0 Å². The number of rotatable bonds is 3. The first-order chi connectivity index (χ1) is 5.33. The summed E-state index contributed by atoms with van der Waals surface area (Å²) in [5.41, 5.74) is 1.18. The van der Waals surface area contributed by atoms with E-state index in [4.69, 9.17) is 0 Å². The SMILES string of the molecule is CCCCc1cccc(Br)n1. The van der Waals surface area contributed by atoms with Crippen molar-refractivity contribution in [3.8, 4) is 0 Å². The van der Waals surface area contributed by atoms with Crippen LogP contribution in [-0.4, -0.2) is 4.98 Å².